The number of fused-ring (bicyclic) bond motifs is 2. The molecule has 5 N–H and O–H groups in total. The zero-order chi connectivity index (χ0) is 28.2. The number of likely N-dealkylation sites (N-methyl/N-ethyl adjacent to an activating group) is 1. The number of benzene rings is 1. The summed E-state index contributed by atoms with van der Waals surface area (Å²) < 4.78 is 7.81. The third-order valence-electron chi connectivity index (χ3n) is 8.73. The Balaban J connectivity index is 1.03. The molecule has 0 amide bonds. The first-order chi connectivity index (χ1) is 19.1. The summed E-state index contributed by atoms with van der Waals surface area (Å²) >= 11 is 0. The molecule has 2 fully saturated rings. The van der Waals surface area contributed by atoms with E-state index in [1.807, 2.05) is 0 Å². The topological polar surface area (TPSA) is 151 Å². The summed E-state index contributed by atoms with van der Waals surface area (Å²) in [6.07, 6.45) is 3.70. The van der Waals surface area contributed by atoms with Crippen molar-refractivity contribution in [3.63, 3.8) is 0 Å². The van der Waals surface area contributed by atoms with Gasteiger partial charge in [0.2, 0.25) is 0 Å². The number of aryl methyl sites for hydroxylation is 1. The Morgan fingerprint density at radius 2 is 1.95 bits per heavy atom. The van der Waals surface area contributed by atoms with Crippen LogP contribution in [0, 0.1) is 5.92 Å². The van der Waals surface area contributed by atoms with Crippen molar-refractivity contribution in [3.05, 3.63) is 42.2 Å². The minimum absolute atomic E-state index is 0.113. The molecule has 1 saturated heterocycles. The summed E-state index contributed by atoms with van der Waals surface area (Å²) in [4.78, 5) is 23.2. The first-order valence-electron chi connectivity index (χ1n) is 14.3. The smallest absolute Gasteiger partial charge is 0.167 e. The van der Waals surface area contributed by atoms with E-state index in [0.29, 0.717) is 29.7 Å². The van der Waals surface area contributed by atoms with E-state index in [1.165, 1.54) is 18.2 Å². The number of aromatic nitrogens is 6. The highest BCUT2D eigenvalue weighted by molar-refractivity contribution is 5.81. The second-order valence-electron chi connectivity index (χ2n) is 12.4. The van der Waals surface area contributed by atoms with Gasteiger partial charge in [-0.25, -0.2) is 19.9 Å². The fourth-order valence-electron chi connectivity index (χ4n) is 6.16. The molecule has 4 aromatic rings. The van der Waals surface area contributed by atoms with Gasteiger partial charge in [0.15, 0.2) is 17.7 Å². The van der Waals surface area contributed by atoms with Crippen LogP contribution in [-0.2, 0) is 16.6 Å². The second kappa shape index (κ2) is 10.4. The van der Waals surface area contributed by atoms with Crippen LogP contribution in [0.15, 0.2) is 30.9 Å². The number of nitrogens with zero attached hydrogens (tertiary/aromatic N) is 6. The Morgan fingerprint density at radius 3 is 2.70 bits per heavy atom. The van der Waals surface area contributed by atoms with Crippen LogP contribution >= 0.6 is 0 Å². The molecule has 214 valence electrons. The van der Waals surface area contributed by atoms with Gasteiger partial charge >= 0.3 is 0 Å². The molecule has 11 nitrogen and oxygen atoms in total. The van der Waals surface area contributed by atoms with Gasteiger partial charge in [-0.1, -0.05) is 33.8 Å². The molecule has 0 unspecified atom stereocenters. The van der Waals surface area contributed by atoms with E-state index >= 15 is 0 Å². The number of aliphatic hydroxyl groups is 2. The van der Waals surface area contributed by atoms with E-state index in [9.17, 15) is 10.2 Å². The van der Waals surface area contributed by atoms with Crippen molar-refractivity contribution in [2.45, 2.75) is 89.4 Å². The maximum absolute atomic E-state index is 10.9. The fraction of sp³-hybridized carbons (Fsp3) is 0.586. The van der Waals surface area contributed by atoms with Gasteiger partial charge in [0.1, 0.15) is 36.0 Å². The van der Waals surface area contributed by atoms with Gasteiger partial charge in [0.05, 0.1) is 17.4 Å². The third-order valence-corrected chi connectivity index (χ3v) is 8.73. The van der Waals surface area contributed by atoms with Gasteiger partial charge in [0, 0.05) is 19.0 Å². The number of anilines is 1. The second-order valence-corrected chi connectivity index (χ2v) is 12.4. The van der Waals surface area contributed by atoms with Crippen LogP contribution in [0.5, 0.6) is 0 Å². The molecule has 3 aromatic heterocycles. The van der Waals surface area contributed by atoms with Gasteiger partial charge in [-0.2, -0.15) is 0 Å². The summed E-state index contributed by atoms with van der Waals surface area (Å²) in [5.41, 5.74) is 10.4. The molecule has 2 aliphatic rings. The van der Waals surface area contributed by atoms with Gasteiger partial charge < -0.3 is 25.7 Å². The van der Waals surface area contributed by atoms with Crippen molar-refractivity contribution in [1.29, 1.82) is 0 Å². The normalized spacial score (nSPS) is 27.2. The largest absolute Gasteiger partial charge is 0.387 e. The van der Waals surface area contributed by atoms with Gasteiger partial charge in [-0.3, -0.25) is 9.47 Å². The van der Waals surface area contributed by atoms with E-state index in [4.69, 9.17) is 15.5 Å². The van der Waals surface area contributed by atoms with Crippen LogP contribution in [0.1, 0.15) is 64.6 Å². The highest BCUT2D eigenvalue weighted by atomic mass is 16.6. The predicted molar refractivity (Wildman–Crippen MR) is 153 cm³/mol. The van der Waals surface area contributed by atoms with Gasteiger partial charge in [-0.05, 0) is 54.8 Å². The van der Waals surface area contributed by atoms with Crippen LogP contribution < -0.4 is 5.73 Å². The summed E-state index contributed by atoms with van der Waals surface area (Å²) in [5, 5.41) is 21.7. The Labute approximate surface area is 233 Å². The molecule has 1 aromatic carbocycles. The minimum Gasteiger partial charge on any atom is -0.387 e. The van der Waals surface area contributed by atoms with Crippen LogP contribution in [-0.4, -0.2) is 82.0 Å². The SMILES string of the molecule is CCN(C[C@H]1O[C@@H](n2cnc3c(N)ncnc32)[C@H](O)[C@@H]1O)C1CC(CCc2nc3ccc(C(C)(C)C)cc3[nH]2)C1. The van der Waals surface area contributed by atoms with Crippen molar-refractivity contribution in [2.75, 3.05) is 18.8 Å². The highest BCUT2D eigenvalue weighted by Gasteiger charge is 2.46. The van der Waals surface area contributed by atoms with Crippen molar-refractivity contribution < 1.29 is 14.9 Å². The Kier molecular flexibility index (Phi) is 7.02. The number of ether oxygens (including phenoxy) is 1. The number of nitrogens with one attached hydrogen (secondary N) is 1. The molecule has 6 rings (SSSR count). The molecule has 0 radical (unpaired) electrons. The van der Waals surface area contributed by atoms with Crippen LogP contribution in [0.3, 0.4) is 0 Å². The van der Waals surface area contributed by atoms with Crippen molar-refractivity contribution in [3.8, 4) is 0 Å². The lowest BCUT2D eigenvalue weighted by Crippen LogP contribution is -2.49. The average Bonchev–Trinajstić information content (AvgIpc) is 3.58. The van der Waals surface area contributed by atoms with Gasteiger partial charge in [-0.15, -0.1) is 0 Å². The predicted octanol–water partition coefficient (Wildman–Crippen LogP) is 2.93. The van der Waals surface area contributed by atoms with Crippen molar-refractivity contribution in [1.82, 2.24) is 34.4 Å². The molecule has 0 spiro atoms. The van der Waals surface area contributed by atoms with Crippen LogP contribution in [0.25, 0.3) is 22.2 Å². The summed E-state index contributed by atoms with van der Waals surface area (Å²) in [5.74, 6) is 1.96. The number of nitrogen functional groups attached to an aromatic ring is 1. The van der Waals surface area contributed by atoms with Crippen molar-refractivity contribution >= 4 is 28.0 Å². The monoisotopic (exact) mass is 548 g/mol. The standard InChI is InChI=1S/C29H40N8O3/c1-5-36(13-21-24(38)25(39)28(40-21)37-15-33-23-26(30)31-14-32-27(23)37)18-10-16(11-18)6-9-22-34-19-8-7-17(29(2,3)4)12-20(19)35-22/h7-8,12,14-16,18,21,24-25,28,38-39H,5-6,9-11,13H2,1-4H3,(H,34,35)(H2,30,31,32)/t16?,18?,21-,24-,25-,28-/m1/s1. The van der Waals surface area contributed by atoms with E-state index in [2.05, 4.69) is 70.7 Å². The number of hydrogen-bond donors (Lipinski definition) is 4. The van der Waals surface area contributed by atoms with E-state index < -0.39 is 24.5 Å². The van der Waals surface area contributed by atoms with Crippen LogP contribution in [0.2, 0.25) is 0 Å². The maximum atomic E-state index is 10.9. The number of H-pyrrole nitrogens is 1. The first-order valence-corrected chi connectivity index (χ1v) is 14.3. The Morgan fingerprint density at radius 1 is 1.15 bits per heavy atom. The van der Waals surface area contributed by atoms with Gasteiger partial charge in [0.25, 0.3) is 0 Å². The summed E-state index contributed by atoms with van der Waals surface area (Å²) in [6.45, 7) is 10.2. The third kappa shape index (κ3) is 4.96. The summed E-state index contributed by atoms with van der Waals surface area (Å²) in [6, 6.07) is 6.96. The average molecular weight is 549 g/mol. The zero-order valence-corrected chi connectivity index (χ0v) is 23.7. The zero-order valence-electron chi connectivity index (χ0n) is 23.7. The Bertz CT molecular complexity index is 1490. The molecule has 1 aliphatic heterocycles. The van der Waals surface area contributed by atoms with E-state index in [-0.39, 0.29) is 11.2 Å². The molecule has 1 aliphatic carbocycles. The first kappa shape index (κ1) is 27.1. The van der Waals surface area contributed by atoms with E-state index in [1.54, 1.807) is 4.57 Å². The lowest BCUT2D eigenvalue weighted by atomic mass is 9.76. The fourth-order valence-corrected chi connectivity index (χ4v) is 6.16. The molecule has 40 heavy (non-hydrogen) atoms. The number of hydrogen-bond acceptors (Lipinski definition) is 9. The minimum atomic E-state index is -1.10. The van der Waals surface area contributed by atoms with Crippen LogP contribution in [0.4, 0.5) is 5.82 Å². The molecule has 11 heteroatoms. The molecule has 0 bridgehead atoms. The molecular weight excluding hydrogens is 508 g/mol. The number of nitrogens with two attached hydrogens (primary N) is 1. The Hall–Kier alpha value is -3.12. The van der Waals surface area contributed by atoms with E-state index in [0.717, 1.165) is 49.1 Å². The molecule has 1 saturated carbocycles. The lowest BCUT2D eigenvalue weighted by Gasteiger charge is -2.43. The highest BCUT2D eigenvalue weighted by Crippen LogP contribution is 2.37. The number of rotatable bonds is 8. The number of imidazole rings is 2. The molecule has 4 heterocycles. The molecule has 4 atom stereocenters. The maximum Gasteiger partial charge on any atom is 0.167 e. The van der Waals surface area contributed by atoms with Crippen molar-refractivity contribution in [2.24, 2.45) is 5.92 Å². The quantitative estimate of drug-likeness (QED) is 0.260. The number of aliphatic hydroxyl groups excluding tert-OH is 2. The lowest BCUT2D eigenvalue weighted by molar-refractivity contribution is -0.0550. The number of aromatic amines is 1. The molecular formula is C29H40N8O3. The summed E-state index contributed by atoms with van der Waals surface area (Å²) in [7, 11) is 0.